The minimum Gasteiger partial charge on any atom is -0.294 e. The van der Waals surface area contributed by atoms with Crippen LogP contribution in [0.3, 0.4) is 0 Å². The molecule has 0 spiro atoms. The smallest absolute Gasteiger partial charge is 0.272 e. The van der Waals surface area contributed by atoms with Crippen LogP contribution in [0.1, 0.15) is 49.1 Å². The first-order chi connectivity index (χ1) is 12.1. The van der Waals surface area contributed by atoms with Crippen molar-refractivity contribution < 1.29 is 9.72 Å². The number of carbonyl (C=O) groups excluding carboxylic acids is 1. The van der Waals surface area contributed by atoms with E-state index in [4.69, 9.17) is 4.99 Å². The minimum atomic E-state index is -0.331. The van der Waals surface area contributed by atoms with Crippen LogP contribution in [0.5, 0.6) is 0 Å². The van der Waals surface area contributed by atoms with Crippen molar-refractivity contribution in [2.45, 2.75) is 50.2 Å². The molecule has 4 rings (SSSR count). The highest BCUT2D eigenvalue weighted by Crippen LogP contribution is 2.47. The Kier molecular flexibility index (Phi) is 4.23. The number of rotatable bonds is 2. The highest BCUT2D eigenvalue weighted by molar-refractivity contribution is 8.00. The molecule has 0 radical (unpaired) electrons. The first-order valence-corrected chi connectivity index (χ1v) is 9.81. The Bertz CT molecular complexity index is 828. The average Bonchev–Trinajstić information content (AvgIpc) is 2.60. The Balaban J connectivity index is 1.87. The number of hydrogen-bond acceptors (Lipinski definition) is 5. The number of aliphatic imine (C=N–C) groups is 1. The summed E-state index contributed by atoms with van der Waals surface area (Å²) in [5.41, 5.74) is 4.57. The lowest BCUT2D eigenvalue weighted by atomic mass is 9.76. The molecule has 2 aliphatic heterocycles. The van der Waals surface area contributed by atoms with Gasteiger partial charge in [0.1, 0.15) is 0 Å². The van der Waals surface area contributed by atoms with E-state index in [1.165, 1.54) is 0 Å². The molecule has 1 aliphatic carbocycles. The van der Waals surface area contributed by atoms with Crippen molar-refractivity contribution in [3.8, 4) is 0 Å². The van der Waals surface area contributed by atoms with E-state index >= 15 is 0 Å². The van der Waals surface area contributed by atoms with Gasteiger partial charge in [0.15, 0.2) is 5.78 Å². The number of fused-ring (bicyclic) bond motifs is 1. The van der Waals surface area contributed by atoms with Crippen molar-refractivity contribution in [1.82, 2.24) is 0 Å². The maximum atomic E-state index is 12.7. The zero-order chi connectivity index (χ0) is 17.6. The van der Waals surface area contributed by atoms with Crippen LogP contribution in [0.25, 0.3) is 0 Å². The van der Waals surface area contributed by atoms with Crippen LogP contribution >= 0.6 is 11.8 Å². The molecule has 0 N–H and O–H groups in total. The van der Waals surface area contributed by atoms with Gasteiger partial charge in [-0.25, -0.2) is 0 Å². The quantitative estimate of drug-likeness (QED) is 0.583. The molecule has 1 aromatic rings. The third-order valence-corrected chi connectivity index (χ3v) is 6.74. The molecule has 0 bridgehead atoms. The number of nitro benzene ring substituents is 1. The summed E-state index contributed by atoms with van der Waals surface area (Å²) < 4.78 is 0. The van der Waals surface area contributed by atoms with Crippen molar-refractivity contribution in [3.63, 3.8) is 0 Å². The van der Waals surface area contributed by atoms with Crippen molar-refractivity contribution in [1.29, 1.82) is 0 Å². The molecule has 0 saturated carbocycles. The Morgan fingerprint density at radius 2 is 2.08 bits per heavy atom. The summed E-state index contributed by atoms with van der Waals surface area (Å²) >= 11 is 1.84. The standard InChI is InChI=1S/C19H20N2O3S/c1-11-7-8-12(10-15(11)21(23)24)17-18-13(4-2-6-16(18)22)20-14-5-3-9-25-19(14)17/h7-8,10,17,19H,2-6,9H2,1H3. The van der Waals surface area contributed by atoms with Gasteiger partial charge in [-0.1, -0.05) is 12.1 Å². The zero-order valence-corrected chi connectivity index (χ0v) is 15.0. The minimum absolute atomic E-state index is 0.0973. The Morgan fingerprint density at radius 1 is 1.24 bits per heavy atom. The zero-order valence-electron chi connectivity index (χ0n) is 14.2. The Hall–Kier alpha value is -1.95. The lowest BCUT2D eigenvalue weighted by Gasteiger charge is -2.38. The number of Topliss-reactive ketones (excluding diaryl/α,β-unsaturated/α-hetero) is 1. The fourth-order valence-electron chi connectivity index (χ4n) is 4.11. The molecule has 2 unspecified atom stereocenters. The van der Waals surface area contributed by atoms with Crippen molar-refractivity contribution in [2.75, 3.05) is 5.75 Å². The highest BCUT2D eigenvalue weighted by atomic mass is 32.2. The van der Waals surface area contributed by atoms with E-state index in [0.29, 0.717) is 12.0 Å². The largest absolute Gasteiger partial charge is 0.294 e. The molecule has 25 heavy (non-hydrogen) atoms. The Labute approximate surface area is 150 Å². The van der Waals surface area contributed by atoms with E-state index in [1.807, 2.05) is 17.8 Å². The number of hydrogen-bond donors (Lipinski definition) is 0. The van der Waals surface area contributed by atoms with E-state index in [-0.39, 0.29) is 27.6 Å². The SMILES string of the molecule is Cc1ccc(C2C3=C(CCCC3=O)N=C3CCCSC32)cc1[N+](=O)[O-]. The van der Waals surface area contributed by atoms with E-state index in [0.717, 1.165) is 54.0 Å². The fraction of sp³-hybridized carbons (Fsp3) is 0.474. The van der Waals surface area contributed by atoms with Gasteiger partial charge in [-0.3, -0.25) is 19.9 Å². The van der Waals surface area contributed by atoms with Crippen LogP contribution in [-0.2, 0) is 4.79 Å². The summed E-state index contributed by atoms with van der Waals surface area (Å²) in [4.78, 5) is 28.6. The van der Waals surface area contributed by atoms with Gasteiger partial charge < -0.3 is 0 Å². The molecule has 1 fully saturated rings. The van der Waals surface area contributed by atoms with Crippen molar-refractivity contribution in [3.05, 3.63) is 50.7 Å². The fourth-order valence-corrected chi connectivity index (χ4v) is 5.52. The predicted molar refractivity (Wildman–Crippen MR) is 99.4 cm³/mol. The van der Waals surface area contributed by atoms with Crippen LogP contribution in [0.2, 0.25) is 0 Å². The van der Waals surface area contributed by atoms with Gasteiger partial charge >= 0.3 is 0 Å². The van der Waals surface area contributed by atoms with Gasteiger partial charge in [0.05, 0.1) is 10.2 Å². The lowest BCUT2D eigenvalue weighted by molar-refractivity contribution is -0.385. The molecule has 1 aromatic carbocycles. The number of thioether (sulfide) groups is 1. The van der Waals surface area contributed by atoms with Crippen molar-refractivity contribution in [2.24, 2.45) is 4.99 Å². The van der Waals surface area contributed by atoms with Gasteiger partial charge in [0.2, 0.25) is 0 Å². The van der Waals surface area contributed by atoms with Gasteiger partial charge in [-0.05, 0) is 43.9 Å². The van der Waals surface area contributed by atoms with E-state index < -0.39 is 0 Å². The highest BCUT2D eigenvalue weighted by Gasteiger charge is 2.41. The molecule has 2 heterocycles. The second-order valence-electron chi connectivity index (χ2n) is 6.92. The summed E-state index contributed by atoms with van der Waals surface area (Å²) in [5.74, 6) is 1.12. The van der Waals surface area contributed by atoms with Crippen LogP contribution < -0.4 is 0 Å². The number of ketones is 1. The van der Waals surface area contributed by atoms with Gasteiger partial charge in [0.25, 0.3) is 5.69 Å². The number of benzene rings is 1. The number of carbonyl (C=O) groups is 1. The van der Waals surface area contributed by atoms with Crippen molar-refractivity contribution >= 4 is 28.9 Å². The molecular weight excluding hydrogens is 336 g/mol. The summed E-state index contributed by atoms with van der Waals surface area (Å²) in [6, 6.07) is 5.43. The molecule has 5 nitrogen and oxygen atoms in total. The third kappa shape index (κ3) is 2.82. The van der Waals surface area contributed by atoms with Gasteiger partial charge in [0, 0.05) is 41.0 Å². The van der Waals surface area contributed by atoms with Crippen LogP contribution in [0.4, 0.5) is 5.69 Å². The summed E-state index contributed by atoms with van der Waals surface area (Å²) in [7, 11) is 0. The topological polar surface area (TPSA) is 72.6 Å². The summed E-state index contributed by atoms with van der Waals surface area (Å²) in [6.45, 7) is 1.75. The number of nitrogens with zero attached hydrogens (tertiary/aromatic N) is 2. The number of aryl methyl sites for hydroxylation is 1. The molecule has 0 aromatic heterocycles. The number of nitro groups is 1. The summed E-state index contributed by atoms with van der Waals surface area (Å²) in [6.07, 6.45) is 4.33. The third-order valence-electron chi connectivity index (χ3n) is 5.31. The monoisotopic (exact) mass is 356 g/mol. The van der Waals surface area contributed by atoms with Crippen LogP contribution in [0.15, 0.2) is 34.5 Å². The van der Waals surface area contributed by atoms with Crippen LogP contribution in [-0.4, -0.2) is 27.4 Å². The second-order valence-corrected chi connectivity index (χ2v) is 8.17. The molecular formula is C19H20N2O3S. The first-order valence-electron chi connectivity index (χ1n) is 8.76. The van der Waals surface area contributed by atoms with E-state index in [1.54, 1.807) is 19.1 Å². The lowest BCUT2D eigenvalue weighted by Crippen LogP contribution is -2.36. The molecule has 0 amide bonds. The Morgan fingerprint density at radius 3 is 2.88 bits per heavy atom. The number of allylic oxidation sites excluding steroid dienone is 2. The molecule has 3 aliphatic rings. The maximum absolute atomic E-state index is 12.7. The molecule has 6 heteroatoms. The first kappa shape index (κ1) is 16.5. The van der Waals surface area contributed by atoms with Gasteiger partial charge in [-0.15, -0.1) is 0 Å². The molecule has 2 atom stereocenters. The normalized spacial score (nSPS) is 26.0. The molecule has 130 valence electrons. The second kappa shape index (κ2) is 6.41. The van der Waals surface area contributed by atoms with E-state index in [2.05, 4.69) is 0 Å². The predicted octanol–water partition coefficient (Wildman–Crippen LogP) is 4.34. The molecule has 1 saturated heterocycles. The maximum Gasteiger partial charge on any atom is 0.272 e. The van der Waals surface area contributed by atoms with Crippen LogP contribution in [0, 0.1) is 17.0 Å². The van der Waals surface area contributed by atoms with E-state index in [9.17, 15) is 14.9 Å². The summed E-state index contributed by atoms with van der Waals surface area (Å²) in [5, 5.41) is 11.5. The van der Waals surface area contributed by atoms with Gasteiger partial charge in [-0.2, -0.15) is 11.8 Å². The average molecular weight is 356 g/mol.